The summed E-state index contributed by atoms with van der Waals surface area (Å²) in [5.41, 5.74) is 2.62. The third-order valence-corrected chi connectivity index (χ3v) is 7.56. The Morgan fingerprint density at radius 1 is 1.00 bits per heavy atom. The van der Waals surface area contributed by atoms with Gasteiger partial charge in [-0.1, -0.05) is 30.3 Å². The predicted octanol–water partition coefficient (Wildman–Crippen LogP) is 2.24. The Kier molecular flexibility index (Phi) is 7.22. The number of morpholine rings is 1. The highest BCUT2D eigenvalue weighted by Crippen LogP contribution is 2.26. The van der Waals surface area contributed by atoms with Crippen molar-refractivity contribution in [2.75, 3.05) is 44.4 Å². The molecule has 2 aliphatic heterocycles. The summed E-state index contributed by atoms with van der Waals surface area (Å²) in [7, 11) is -3.56. The summed E-state index contributed by atoms with van der Waals surface area (Å²) in [6, 6.07) is 14.0. The number of para-hydroxylation sites is 1. The van der Waals surface area contributed by atoms with Gasteiger partial charge in [0.25, 0.3) is 5.91 Å². The van der Waals surface area contributed by atoms with Crippen LogP contribution in [0.4, 0.5) is 5.69 Å². The normalized spacial score (nSPS) is 17.0. The Morgan fingerprint density at radius 2 is 1.73 bits per heavy atom. The first-order valence-corrected chi connectivity index (χ1v) is 12.3. The number of sulfonamides is 1. The van der Waals surface area contributed by atoms with Crippen LogP contribution in [-0.2, 0) is 35.5 Å². The zero-order valence-electron chi connectivity index (χ0n) is 18.2. The smallest absolute Gasteiger partial charge is 0.331 e. The van der Waals surface area contributed by atoms with Gasteiger partial charge in [0.2, 0.25) is 10.0 Å². The van der Waals surface area contributed by atoms with E-state index in [0.717, 1.165) is 24.1 Å². The molecule has 0 bridgehead atoms. The number of carbonyl (C=O) groups is 2. The van der Waals surface area contributed by atoms with Gasteiger partial charge in [-0.25, -0.2) is 13.2 Å². The fraction of sp³-hybridized carbons (Fsp3) is 0.333. The number of ether oxygens (including phenoxy) is 2. The van der Waals surface area contributed by atoms with Gasteiger partial charge in [0.05, 0.1) is 18.1 Å². The Labute approximate surface area is 193 Å². The van der Waals surface area contributed by atoms with Crippen molar-refractivity contribution >= 4 is 33.7 Å². The Bertz CT molecular complexity index is 1140. The van der Waals surface area contributed by atoms with Crippen LogP contribution in [0.3, 0.4) is 0 Å². The van der Waals surface area contributed by atoms with Crippen molar-refractivity contribution in [3.05, 3.63) is 65.7 Å². The molecule has 2 aromatic carbocycles. The maximum Gasteiger partial charge on any atom is 0.331 e. The van der Waals surface area contributed by atoms with E-state index in [9.17, 15) is 18.0 Å². The largest absolute Gasteiger partial charge is 0.452 e. The highest BCUT2D eigenvalue weighted by atomic mass is 32.2. The Hall–Kier alpha value is -3.01. The van der Waals surface area contributed by atoms with E-state index in [2.05, 4.69) is 0 Å². The minimum Gasteiger partial charge on any atom is -0.452 e. The molecule has 2 aromatic rings. The van der Waals surface area contributed by atoms with Gasteiger partial charge in [-0.3, -0.25) is 4.79 Å². The second-order valence-electron chi connectivity index (χ2n) is 7.80. The zero-order chi connectivity index (χ0) is 23.3. The number of hydrogen-bond acceptors (Lipinski definition) is 6. The molecule has 33 heavy (non-hydrogen) atoms. The average molecular weight is 471 g/mol. The predicted molar refractivity (Wildman–Crippen MR) is 123 cm³/mol. The van der Waals surface area contributed by atoms with Gasteiger partial charge in [-0.15, -0.1) is 0 Å². The van der Waals surface area contributed by atoms with Crippen molar-refractivity contribution in [1.82, 2.24) is 4.31 Å². The Balaban J connectivity index is 1.31. The molecule has 0 aromatic heterocycles. The summed E-state index contributed by atoms with van der Waals surface area (Å²) in [5, 5.41) is 0. The maximum absolute atomic E-state index is 12.7. The lowest BCUT2D eigenvalue weighted by Crippen LogP contribution is -2.40. The lowest BCUT2D eigenvalue weighted by atomic mass is 10.0. The monoisotopic (exact) mass is 470 g/mol. The van der Waals surface area contributed by atoms with E-state index < -0.39 is 16.0 Å². The van der Waals surface area contributed by atoms with Crippen LogP contribution >= 0.6 is 0 Å². The van der Waals surface area contributed by atoms with E-state index in [1.54, 1.807) is 17.0 Å². The van der Waals surface area contributed by atoms with Crippen molar-refractivity contribution in [3.8, 4) is 0 Å². The van der Waals surface area contributed by atoms with Crippen LogP contribution in [0.15, 0.2) is 59.5 Å². The molecule has 1 saturated heterocycles. The van der Waals surface area contributed by atoms with Crippen LogP contribution in [0.2, 0.25) is 0 Å². The van der Waals surface area contributed by atoms with E-state index in [1.165, 1.54) is 28.6 Å². The number of aryl methyl sites for hydroxylation is 1. The van der Waals surface area contributed by atoms with Gasteiger partial charge in [0, 0.05) is 31.4 Å². The average Bonchev–Trinajstić information content (AvgIpc) is 2.86. The number of esters is 1. The fourth-order valence-corrected chi connectivity index (χ4v) is 5.31. The van der Waals surface area contributed by atoms with Crippen molar-refractivity contribution in [1.29, 1.82) is 0 Å². The summed E-state index contributed by atoms with van der Waals surface area (Å²) in [6.07, 6.45) is 4.54. The second kappa shape index (κ2) is 10.3. The van der Waals surface area contributed by atoms with Gasteiger partial charge < -0.3 is 14.4 Å². The van der Waals surface area contributed by atoms with E-state index in [4.69, 9.17) is 9.47 Å². The summed E-state index contributed by atoms with van der Waals surface area (Å²) < 4.78 is 37.1. The SMILES string of the molecule is O=C(C=Cc1ccc(S(=O)(=O)N2CCOCC2)cc1)OCC(=O)N1CCCc2ccccc21. The quantitative estimate of drug-likeness (QED) is 0.475. The molecule has 0 saturated carbocycles. The number of rotatable bonds is 6. The molecule has 0 unspecified atom stereocenters. The van der Waals surface area contributed by atoms with Gasteiger partial charge >= 0.3 is 5.97 Å². The fourth-order valence-electron chi connectivity index (χ4n) is 3.90. The Morgan fingerprint density at radius 3 is 2.48 bits per heavy atom. The van der Waals surface area contributed by atoms with E-state index in [-0.39, 0.29) is 17.4 Å². The van der Waals surface area contributed by atoms with Crippen molar-refractivity contribution in [2.24, 2.45) is 0 Å². The van der Waals surface area contributed by atoms with Crippen molar-refractivity contribution in [3.63, 3.8) is 0 Å². The van der Waals surface area contributed by atoms with Crippen molar-refractivity contribution in [2.45, 2.75) is 17.7 Å². The van der Waals surface area contributed by atoms with Gasteiger partial charge in [0.15, 0.2) is 6.61 Å². The van der Waals surface area contributed by atoms with E-state index in [1.807, 2.05) is 24.3 Å². The summed E-state index contributed by atoms with van der Waals surface area (Å²) in [5.74, 6) is -0.903. The van der Waals surface area contributed by atoms with Crippen molar-refractivity contribution < 1.29 is 27.5 Å². The number of benzene rings is 2. The number of fused-ring (bicyclic) bond motifs is 1. The van der Waals surface area contributed by atoms with Crippen LogP contribution in [0.25, 0.3) is 6.08 Å². The first-order chi connectivity index (χ1) is 15.9. The molecule has 4 rings (SSSR count). The number of carbonyl (C=O) groups excluding carboxylic acids is 2. The number of amides is 1. The topological polar surface area (TPSA) is 93.2 Å². The van der Waals surface area contributed by atoms with Crippen LogP contribution in [0.1, 0.15) is 17.5 Å². The molecule has 1 amide bonds. The van der Waals surface area contributed by atoms with E-state index in [0.29, 0.717) is 38.4 Å². The van der Waals surface area contributed by atoms with E-state index >= 15 is 0 Å². The van der Waals surface area contributed by atoms with Crippen LogP contribution in [0, 0.1) is 0 Å². The first-order valence-electron chi connectivity index (χ1n) is 10.9. The number of anilines is 1. The lowest BCUT2D eigenvalue weighted by molar-refractivity contribution is -0.142. The lowest BCUT2D eigenvalue weighted by Gasteiger charge is -2.29. The van der Waals surface area contributed by atoms with Gasteiger partial charge in [0.1, 0.15) is 0 Å². The summed E-state index contributed by atoms with van der Waals surface area (Å²) in [6.45, 7) is 1.69. The molecule has 2 aliphatic rings. The molecule has 9 heteroatoms. The molecule has 1 fully saturated rings. The summed E-state index contributed by atoms with van der Waals surface area (Å²) >= 11 is 0. The third kappa shape index (κ3) is 5.50. The third-order valence-electron chi connectivity index (χ3n) is 5.65. The molecule has 0 radical (unpaired) electrons. The molecule has 2 heterocycles. The maximum atomic E-state index is 12.7. The minimum atomic E-state index is -3.56. The van der Waals surface area contributed by atoms with Crippen LogP contribution in [0.5, 0.6) is 0 Å². The number of hydrogen-bond donors (Lipinski definition) is 0. The second-order valence-corrected chi connectivity index (χ2v) is 9.74. The standard InChI is InChI=1S/C24H26N2O6S/c27-23(26-13-3-5-20-4-1-2-6-22(20)26)18-32-24(28)12-9-19-7-10-21(11-8-19)33(29,30)25-14-16-31-17-15-25/h1-2,4,6-12H,3,5,13-18H2. The summed E-state index contributed by atoms with van der Waals surface area (Å²) in [4.78, 5) is 26.5. The van der Waals surface area contributed by atoms with Gasteiger partial charge in [-0.05, 0) is 48.2 Å². The minimum absolute atomic E-state index is 0.191. The van der Waals surface area contributed by atoms with Crippen LogP contribution < -0.4 is 4.90 Å². The first kappa shape index (κ1) is 23.2. The molecule has 8 nitrogen and oxygen atoms in total. The molecule has 0 atom stereocenters. The van der Waals surface area contributed by atoms with Crippen LogP contribution in [-0.4, -0.2) is 64.1 Å². The molecule has 0 spiro atoms. The molecule has 0 N–H and O–H groups in total. The molecular weight excluding hydrogens is 444 g/mol. The molecule has 174 valence electrons. The molecular formula is C24H26N2O6S. The molecule has 0 aliphatic carbocycles. The zero-order valence-corrected chi connectivity index (χ0v) is 19.0. The highest BCUT2D eigenvalue weighted by molar-refractivity contribution is 7.89. The van der Waals surface area contributed by atoms with Gasteiger partial charge in [-0.2, -0.15) is 4.31 Å². The number of nitrogens with zero attached hydrogens (tertiary/aromatic N) is 2. The highest BCUT2D eigenvalue weighted by Gasteiger charge is 2.26.